The lowest BCUT2D eigenvalue weighted by molar-refractivity contribution is -0.134. The molecule has 0 spiro atoms. The predicted molar refractivity (Wildman–Crippen MR) is 83.6 cm³/mol. The maximum absolute atomic E-state index is 12.0. The van der Waals surface area contributed by atoms with Crippen molar-refractivity contribution in [3.05, 3.63) is 28.7 Å². The first kappa shape index (κ1) is 16.5. The molecule has 2 N–H and O–H groups in total. The van der Waals surface area contributed by atoms with Gasteiger partial charge in [-0.05, 0) is 38.1 Å². The molecule has 0 aliphatic rings. The van der Waals surface area contributed by atoms with E-state index in [9.17, 15) is 9.59 Å². The largest absolute Gasteiger partial charge is 0.376 e. The van der Waals surface area contributed by atoms with Crippen LogP contribution in [0.25, 0.3) is 0 Å². The molecule has 0 unspecified atom stereocenters. The standard InChI is InChI=1S/C14H20BrN3O2/c1-3-16-13(19)10-18(4-2)14(20)9-17-12-7-5-11(15)6-8-12/h5-8,17H,3-4,9-10H2,1-2H3,(H,16,19). The molecule has 0 saturated heterocycles. The van der Waals surface area contributed by atoms with E-state index < -0.39 is 0 Å². The van der Waals surface area contributed by atoms with Crippen LogP contribution < -0.4 is 10.6 Å². The second-order valence-electron chi connectivity index (χ2n) is 4.22. The average Bonchev–Trinajstić information content (AvgIpc) is 2.44. The molecule has 110 valence electrons. The van der Waals surface area contributed by atoms with Crippen LogP contribution in [0.3, 0.4) is 0 Å². The summed E-state index contributed by atoms with van der Waals surface area (Å²) in [5, 5.41) is 5.73. The number of nitrogens with one attached hydrogen (secondary N) is 2. The van der Waals surface area contributed by atoms with Gasteiger partial charge in [0.25, 0.3) is 0 Å². The molecule has 0 aromatic heterocycles. The highest BCUT2D eigenvalue weighted by Gasteiger charge is 2.14. The summed E-state index contributed by atoms with van der Waals surface area (Å²) in [4.78, 5) is 25.1. The first-order valence-corrected chi connectivity index (χ1v) is 7.40. The summed E-state index contributed by atoms with van der Waals surface area (Å²) in [6.07, 6.45) is 0. The molecule has 6 heteroatoms. The molecule has 0 radical (unpaired) electrons. The number of hydrogen-bond acceptors (Lipinski definition) is 3. The summed E-state index contributed by atoms with van der Waals surface area (Å²) < 4.78 is 0.987. The Kier molecular flexibility index (Phi) is 7.08. The molecule has 0 atom stereocenters. The summed E-state index contributed by atoms with van der Waals surface area (Å²) in [5.74, 6) is -0.229. The van der Waals surface area contributed by atoms with Crippen molar-refractivity contribution in [3.8, 4) is 0 Å². The second-order valence-corrected chi connectivity index (χ2v) is 5.14. The summed E-state index contributed by atoms with van der Waals surface area (Å²) in [5.41, 5.74) is 0.871. The Morgan fingerprint density at radius 3 is 2.40 bits per heavy atom. The SMILES string of the molecule is CCNC(=O)CN(CC)C(=O)CNc1ccc(Br)cc1. The summed E-state index contributed by atoms with van der Waals surface area (Å²) in [6, 6.07) is 7.58. The average molecular weight is 342 g/mol. The van der Waals surface area contributed by atoms with Gasteiger partial charge < -0.3 is 15.5 Å². The minimum absolute atomic E-state index is 0.0957. The number of benzene rings is 1. The molecular formula is C14H20BrN3O2. The summed E-state index contributed by atoms with van der Waals surface area (Å²) in [6.45, 7) is 5.07. The highest BCUT2D eigenvalue weighted by Crippen LogP contribution is 2.13. The number of hydrogen-bond donors (Lipinski definition) is 2. The third-order valence-corrected chi connectivity index (χ3v) is 3.26. The fraction of sp³-hybridized carbons (Fsp3) is 0.429. The number of nitrogens with zero attached hydrogens (tertiary/aromatic N) is 1. The van der Waals surface area contributed by atoms with Gasteiger partial charge >= 0.3 is 0 Å². The van der Waals surface area contributed by atoms with Crippen molar-refractivity contribution in [3.63, 3.8) is 0 Å². The van der Waals surface area contributed by atoms with E-state index in [0.717, 1.165) is 10.2 Å². The van der Waals surface area contributed by atoms with Gasteiger partial charge in [0.1, 0.15) is 0 Å². The number of rotatable bonds is 7. The quantitative estimate of drug-likeness (QED) is 0.795. The van der Waals surface area contributed by atoms with Crippen LogP contribution in [0.15, 0.2) is 28.7 Å². The zero-order chi connectivity index (χ0) is 15.0. The number of halogens is 1. The van der Waals surface area contributed by atoms with Gasteiger partial charge in [-0.3, -0.25) is 9.59 Å². The van der Waals surface area contributed by atoms with E-state index >= 15 is 0 Å². The fourth-order valence-electron chi connectivity index (χ4n) is 1.66. The van der Waals surface area contributed by atoms with Gasteiger partial charge in [-0.25, -0.2) is 0 Å². The monoisotopic (exact) mass is 341 g/mol. The smallest absolute Gasteiger partial charge is 0.242 e. The van der Waals surface area contributed by atoms with Gasteiger partial charge in [0, 0.05) is 23.2 Å². The first-order chi connectivity index (χ1) is 9.56. The Morgan fingerprint density at radius 2 is 1.85 bits per heavy atom. The Hall–Kier alpha value is -1.56. The maximum atomic E-state index is 12.0. The molecule has 0 aliphatic carbocycles. The Balaban J connectivity index is 2.46. The van der Waals surface area contributed by atoms with Crippen molar-refractivity contribution in [2.24, 2.45) is 0 Å². The van der Waals surface area contributed by atoms with E-state index in [-0.39, 0.29) is 24.9 Å². The van der Waals surface area contributed by atoms with Crippen LogP contribution in [-0.4, -0.2) is 42.9 Å². The molecule has 5 nitrogen and oxygen atoms in total. The lowest BCUT2D eigenvalue weighted by Gasteiger charge is -2.20. The van der Waals surface area contributed by atoms with E-state index in [1.54, 1.807) is 0 Å². The molecule has 0 saturated carbocycles. The minimum Gasteiger partial charge on any atom is -0.376 e. The highest BCUT2D eigenvalue weighted by molar-refractivity contribution is 9.10. The van der Waals surface area contributed by atoms with Gasteiger partial charge in [0.15, 0.2) is 0 Å². The number of amides is 2. The van der Waals surface area contributed by atoms with Crippen LogP contribution in [0.4, 0.5) is 5.69 Å². The lowest BCUT2D eigenvalue weighted by Crippen LogP contribution is -2.42. The van der Waals surface area contributed by atoms with E-state index in [1.807, 2.05) is 38.1 Å². The van der Waals surface area contributed by atoms with Crippen molar-refractivity contribution >= 4 is 33.4 Å². The van der Waals surface area contributed by atoms with Gasteiger partial charge in [-0.1, -0.05) is 15.9 Å². The predicted octanol–water partition coefficient (Wildman–Crippen LogP) is 1.85. The van der Waals surface area contributed by atoms with Crippen molar-refractivity contribution < 1.29 is 9.59 Å². The van der Waals surface area contributed by atoms with E-state index in [0.29, 0.717) is 13.1 Å². The third kappa shape index (κ3) is 5.61. The number of carbonyl (C=O) groups is 2. The number of carbonyl (C=O) groups excluding carboxylic acids is 2. The van der Waals surface area contributed by atoms with Crippen molar-refractivity contribution in [1.82, 2.24) is 10.2 Å². The summed E-state index contributed by atoms with van der Waals surface area (Å²) in [7, 11) is 0. The Morgan fingerprint density at radius 1 is 1.20 bits per heavy atom. The molecule has 1 rings (SSSR count). The number of anilines is 1. The lowest BCUT2D eigenvalue weighted by atomic mass is 10.3. The van der Waals surface area contributed by atoms with Crippen LogP contribution in [0.2, 0.25) is 0 Å². The van der Waals surface area contributed by atoms with Gasteiger partial charge in [0.05, 0.1) is 13.1 Å². The van der Waals surface area contributed by atoms with Gasteiger partial charge in [-0.2, -0.15) is 0 Å². The minimum atomic E-state index is -0.133. The van der Waals surface area contributed by atoms with Crippen LogP contribution in [0.1, 0.15) is 13.8 Å². The van der Waals surface area contributed by atoms with Crippen molar-refractivity contribution in [2.45, 2.75) is 13.8 Å². The third-order valence-electron chi connectivity index (χ3n) is 2.73. The normalized spacial score (nSPS) is 9.95. The molecule has 2 amide bonds. The Bertz CT molecular complexity index is 448. The van der Waals surface area contributed by atoms with E-state index in [1.165, 1.54) is 4.90 Å². The van der Waals surface area contributed by atoms with Crippen LogP contribution >= 0.6 is 15.9 Å². The van der Waals surface area contributed by atoms with Crippen LogP contribution in [0.5, 0.6) is 0 Å². The maximum Gasteiger partial charge on any atom is 0.242 e. The molecule has 0 fully saturated rings. The Labute approximate surface area is 127 Å². The van der Waals surface area contributed by atoms with E-state index in [2.05, 4.69) is 26.6 Å². The highest BCUT2D eigenvalue weighted by atomic mass is 79.9. The fourth-order valence-corrected chi connectivity index (χ4v) is 1.92. The van der Waals surface area contributed by atoms with Crippen LogP contribution in [0, 0.1) is 0 Å². The summed E-state index contributed by atoms with van der Waals surface area (Å²) >= 11 is 3.35. The van der Waals surface area contributed by atoms with Gasteiger partial charge in [0.2, 0.25) is 11.8 Å². The van der Waals surface area contributed by atoms with E-state index in [4.69, 9.17) is 0 Å². The van der Waals surface area contributed by atoms with Crippen molar-refractivity contribution in [2.75, 3.05) is 31.5 Å². The topological polar surface area (TPSA) is 61.4 Å². The molecule has 1 aromatic rings. The van der Waals surface area contributed by atoms with Crippen molar-refractivity contribution in [1.29, 1.82) is 0 Å². The first-order valence-electron chi connectivity index (χ1n) is 6.60. The zero-order valence-corrected chi connectivity index (χ0v) is 13.4. The molecule has 1 aromatic carbocycles. The second kappa shape index (κ2) is 8.58. The molecule has 0 aliphatic heterocycles. The molecule has 0 heterocycles. The number of likely N-dealkylation sites (N-methyl/N-ethyl adjacent to an activating group) is 2. The molecular weight excluding hydrogens is 322 g/mol. The van der Waals surface area contributed by atoms with Crippen LogP contribution in [-0.2, 0) is 9.59 Å². The molecule has 0 bridgehead atoms. The molecule has 20 heavy (non-hydrogen) atoms. The van der Waals surface area contributed by atoms with Gasteiger partial charge in [-0.15, -0.1) is 0 Å². The zero-order valence-electron chi connectivity index (χ0n) is 11.8.